The van der Waals surface area contributed by atoms with Crippen molar-refractivity contribution in [2.45, 2.75) is 32.1 Å². The van der Waals surface area contributed by atoms with Gasteiger partial charge in [0.1, 0.15) is 5.75 Å². The fourth-order valence-corrected chi connectivity index (χ4v) is 4.74. The van der Waals surface area contributed by atoms with Gasteiger partial charge in [-0.3, -0.25) is 9.59 Å². The second-order valence-electron chi connectivity index (χ2n) is 8.42. The Morgan fingerprint density at radius 3 is 2.30 bits per heavy atom. The number of methoxy groups -OCH3 is 1. The molecular formula is C25H30N2O3. The first-order chi connectivity index (χ1) is 14.6. The van der Waals surface area contributed by atoms with E-state index < -0.39 is 0 Å². The van der Waals surface area contributed by atoms with Crippen LogP contribution in [0.15, 0.2) is 48.5 Å². The molecule has 2 heterocycles. The lowest BCUT2D eigenvalue weighted by Gasteiger charge is -2.31. The first-order valence-corrected chi connectivity index (χ1v) is 10.9. The zero-order valence-corrected chi connectivity index (χ0v) is 17.8. The molecule has 0 radical (unpaired) electrons. The van der Waals surface area contributed by atoms with Gasteiger partial charge in [-0.25, -0.2) is 0 Å². The highest BCUT2D eigenvalue weighted by Gasteiger charge is 2.43. The molecule has 2 atom stereocenters. The highest BCUT2D eigenvalue weighted by molar-refractivity contribution is 5.95. The Hall–Kier alpha value is -2.82. The van der Waals surface area contributed by atoms with Crippen LogP contribution in [0.4, 0.5) is 0 Å². The van der Waals surface area contributed by atoms with Crippen molar-refractivity contribution >= 4 is 11.8 Å². The number of piperidine rings is 1. The topological polar surface area (TPSA) is 49.9 Å². The maximum absolute atomic E-state index is 13.5. The molecule has 5 heteroatoms. The second kappa shape index (κ2) is 8.90. The first-order valence-electron chi connectivity index (χ1n) is 10.9. The lowest BCUT2D eigenvalue weighted by molar-refractivity contribution is -0.136. The lowest BCUT2D eigenvalue weighted by atomic mass is 9.87. The van der Waals surface area contributed by atoms with Crippen LogP contribution in [0.2, 0.25) is 0 Å². The molecular weight excluding hydrogens is 376 g/mol. The van der Waals surface area contributed by atoms with E-state index in [-0.39, 0.29) is 23.7 Å². The third kappa shape index (κ3) is 4.07. The summed E-state index contributed by atoms with van der Waals surface area (Å²) in [6, 6.07) is 15.5. The molecule has 30 heavy (non-hydrogen) atoms. The van der Waals surface area contributed by atoms with Crippen LogP contribution in [-0.4, -0.2) is 54.9 Å². The van der Waals surface area contributed by atoms with E-state index in [4.69, 9.17) is 4.74 Å². The predicted octanol–water partition coefficient (Wildman–Crippen LogP) is 3.87. The highest BCUT2D eigenvalue weighted by Crippen LogP contribution is 2.39. The third-order valence-corrected chi connectivity index (χ3v) is 6.43. The van der Waals surface area contributed by atoms with Gasteiger partial charge >= 0.3 is 0 Å². The van der Waals surface area contributed by atoms with Crippen LogP contribution in [0.5, 0.6) is 5.75 Å². The van der Waals surface area contributed by atoms with Crippen molar-refractivity contribution in [1.82, 2.24) is 9.80 Å². The van der Waals surface area contributed by atoms with Crippen LogP contribution in [0.3, 0.4) is 0 Å². The quantitative estimate of drug-likeness (QED) is 0.774. The van der Waals surface area contributed by atoms with E-state index in [0.717, 1.165) is 42.8 Å². The number of carbonyl (C=O) groups excluding carboxylic acids is 2. The van der Waals surface area contributed by atoms with Crippen LogP contribution in [0.25, 0.3) is 0 Å². The average Bonchev–Trinajstić information content (AvgIpc) is 3.24. The highest BCUT2D eigenvalue weighted by atomic mass is 16.5. The number of nitrogens with zero attached hydrogens (tertiary/aromatic N) is 2. The molecule has 0 bridgehead atoms. The fourth-order valence-electron chi connectivity index (χ4n) is 4.74. The Morgan fingerprint density at radius 2 is 1.60 bits per heavy atom. The van der Waals surface area contributed by atoms with Gasteiger partial charge in [-0.15, -0.1) is 0 Å². The van der Waals surface area contributed by atoms with Crippen molar-refractivity contribution in [3.8, 4) is 5.75 Å². The second-order valence-corrected chi connectivity index (χ2v) is 8.42. The molecule has 2 fully saturated rings. The van der Waals surface area contributed by atoms with Gasteiger partial charge in [0.25, 0.3) is 5.91 Å². The molecule has 2 aromatic carbocycles. The molecule has 5 nitrogen and oxygen atoms in total. The van der Waals surface area contributed by atoms with E-state index in [1.807, 2.05) is 65.3 Å². The Labute approximate surface area is 178 Å². The summed E-state index contributed by atoms with van der Waals surface area (Å²) < 4.78 is 5.60. The molecule has 158 valence electrons. The summed E-state index contributed by atoms with van der Waals surface area (Å²) in [6.07, 6.45) is 3.30. The summed E-state index contributed by atoms with van der Waals surface area (Å²) in [5.74, 6) is 0.635. The van der Waals surface area contributed by atoms with E-state index in [9.17, 15) is 9.59 Å². The SMILES string of the molecule is COc1ccccc1C1CN(C(=O)c2ccc(C)cc2)CC1C(=O)N1CCCCC1. The number of hydrogen-bond acceptors (Lipinski definition) is 3. The minimum absolute atomic E-state index is 0.0103. The van der Waals surface area contributed by atoms with Crippen molar-refractivity contribution in [3.63, 3.8) is 0 Å². The fraction of sp³-hybridized carbons (Fsp3) is 0.440. The Kier molecular flexibility index (Phi) is 6.07. The van der Waals surface area contributed by atoms with Crippen LogP contribution in [0, 0.1) is 12.8 Å². The van der Waals surface area contributed by atoms with E-state index in [1.165, 1.54) is 6.42 Å². The largest absolute Gasteiger partial charge is 0.496 e. The molecule has 2 amide bonds. The van der Waals surface area contributed by atoms with Gasteiger partial charge in [0.2, 0.25) is 5.91 Å². The number of carbonyl (C=O) groups is 2. The Morgan fingerprint density at radius 1 is 0.900 bits per heavy atom. The minimum Gasteiger partial charge on any atom is -0.496 e. The van der Waals surface area contributed by atoms with Gasteiger partial charge in [-0.1, -0.05) is 35.9 Å². The summed E-state index contributed by atoms with van der Waals surface area (Å²) in [5, 5.41) is 0. The van der Waals surface area contributed by atoms with Crippen molar-refractivity contribution in [2.75, 3.05) is 33.3 Å². The Bertz CT molecular complexity index is 903. The number of likely N-dealkylation sites (tertiary alicyclic amines) is 2. The normalized spacial score (nSPS) is 21.5. The molecule has 0 N–H and O–H groups in total. The number of amides is 2. The standard InChI is InChI=1S/C25H30N2O3/c1-18-10-12-19(13-11-18)24(28)27-16-21(20-8-4-5-9-23(20)30-2)22(17-27)25(29)26-14-6-3-7-15-26/h4-5,8-13,21-22H,3,6-7,14-17H2,1-2H3. The lowest BCUT2D eigenvalue weighted by Crippen LogP contribution is -2.42. The molecule has 2 aliphatic rings. The van der Waals surface area contributed by atoms with Crippen molar-refractivity contribution in [1.29, 1.82) is 0 Å². The predicted molar refractivity (Wildman–Crippen MR) is 117 cm³/mol. The van der Waals surface area contributed by atoms with Crippen LogP contribution in [0.1, 0.15) is 46.7 Å². The third-order valence-electron chi connectivity index (χ3n) is 6.43. The summed E-state index contributed by atoms with van der Waals surface area (Å²) in [7, 11) is 1.66. The zero-order chi connectivity index (χ0) is 21.1. The average molecular weight is 407 g/mol. The maximum Gasteiger partial charge on any atom is 0.253 e. The molecule has 2 aromatic rings. The van der Waals surface area contributed by atoms with Gasteiger partial charge in [0.05, 0.1) is 13.0 Å². The monoisotopic (exact) mass is 406 g/mol. The Balaban J connectivity index is 1.63. The number of hydrogen-bond donors (Lipinski definition) is 0. The summed E-state index contributed by atoms with van der Waals surface area (Å²) >= 11 is 0. The van der Waals surface area contributed by atoms with Gasteiger partial charge in [0.15, 0.2) is 0 Å². The molecule has 0 spiro atoms. The van der Waals surface area contributed by atoms with Crippen molar-refractivity contribution < 1.29 is 14.3 Å². The molecule has 2 aliphatic heterocycles. The molecule has 2 saturated heterocycles. The van der Waals surface area contributed by atoms with Crippen LogP contribution >= 0.6 is 0 Å². The van der Waals surface area contributed by atoms with Crippen molar-refractivity contribution in [2.24, 2.45) is 5.92 Å². The zero-order valence-electron chi connectivity index (χ0n) is 17.8. The number of rotatable bonds is 4. The van der Waals surface area contributed by atoms with Crippen molar-refractivity contribution in [3.05, 3.63) is 65.2 Å². The summed E-state index contributed by atoms with van der Waals surface area (Å²) in [6.45, 7) is 4.62. The molecule has 0 aromatic heterocycles. The van der Waals surface area contributed by atoms with E-state index in [1.54, 1.807) is 7.11 Å². The van der Waals surface area contributed by atoms with Gasteiger partial charge in [-0.2, -0.15) is 0 Å². The number of ether oxygens (including phenoxy) is 1. The van der Waals surface area contributed by atoms with Gasteiger partial charge in [-0.05, 0) is 49.9 Å². The van der Waals surface area contributed by atoms with Crippen LogP contribution < -0.4 is 4.74 Å². The minimum atomic E-state index is -0.242. The molecule has 0 aliphatic carbocycles. The number of benzene rings is 2. The van der Waals surface area contributed by atoms with Crippen LogP contribution in [-0.2, 0) is 4.79 Å². The molecule has 4 rings (SSSR count). The number of para-hydroxylation sites is 1. The summed E-state index contributed by atoms with van der Waals surface area (Å²) in [5.41, 5.74) is 2.80. The molecule has 2 unspecified atom stereocenters. The first kappa shape index (κ1) is 20.5. The summed E-state index contributed by atoms with van der Waals surface area (Å²) in [4.78, 5) is 30.5. The van der Waals surface area contributed by atoms with Gasteiger partial charge in [0, 0.05) is 37.7 Å². The number of aryl methyl sites for hydroxylation is 1. The molecule has 0 saturated carbocycles. The van der Waals surface area contributed by atoms with E-state index in [0.29, 0.717) is 18.7 Å². The van der Waals surface area contributed by atoms with E-state index >= 15 is 0 Å². The smallest absolute Gasteiger partial charge is 0.253 e. The maximum atomic E-state index is 13.5. The van der Waals surface area contributed by atoms with Gasteiger partial charge < -0.3 is 14.5 Å². The van der Waals surface area contributed by atoms with E-state index in [2.05, 4.69) is 0 Å².